The van der Waals surface area contributed by atoms with Crippen molar-refractivity contribution in [2.45, 2.75) is 26.3 Å². The second-order valence-corrected chi connectivity index (χ2v) is 5.82. The molecule has 102 valence electrons. The van der Waals surface area contributed by atoms with Crippen molar-refractivity contribution in [3.63, 3.8) is 0 Å². The highest BCUT2D eigenvalue weighted by molar-refractivity contribution is 7.99. The molecule has 0 fully saturated rings. The molecule has 0 aliphatic carbocycles. The molecule has 0 aliphatic heterocycles. The summed E-state index contributed by atoms with van der Waals surface area (Å²) >= 11 is 1.81. The molecule has 0 aliphatic rings. The highest BCUT2D eigenvalue weighted by Gasteiger charge is 2.10. The molecule has 1 aromatic rings. The second kappa shape index (κ2) is 7.71. The van der Waals surface area contributed by atoms with Gasteiger partial charge in [-0.1, -0.05) is 19.9 Å². The van der Waals surface area contributed by atoms with Crippen LogP contribution in [0.25, 0.3) is 0 Å². The Hall–Kier alpha value is -0.650. The largest absolute Gasteiger partial charge is 0.271 e. The number of hydrogen-bond acceptors (Lipinski definition) is 3. The van der Waals surface area contributed by atoms with Gasteiger partial charge < -0.3 is 0 Å². The minimum Gasteiger partial charge on any atom is -0.271 e. The zero-order valence-electron chi connectivity index (χ0n) is 10.7. The molecule has 0 saturated carbocycles. The second-order valence-electron chi connectivity index (χ2n) is 4.75. The molecule has 1 aromatic carbocycles. The van der Waals surface area contributed by atoms with Crippen molar-refractivity contribution in [2.24, 2.45) is 11.8 Å². The van der Waals surface area contributed by atoms with Crippen molar-refractivity contribution in [1.82, 2.24) is 5.43 Å². The Morgan fingerprint density at radius 3 is 2.50 bits per heavy atom. The highest BCUT2D eigenvalue weighted by atomic mass is 32.2. The van der Waals surface area contributed by atoms with Crippen molar-refractivity contribution in [1.29, 1.82) is 0 Å². The smallest absolute Gasteiger partial charge is 0.159 e. The van der Waals surface area contributed by atoms with Crippen LogP contribution in [0.4, 0.5) is 8.78 Å². The van der Waals surface area contributed by atoms with Crippen molar-refractivity contribution < 1.29 is 8.78 Å². The van der Waals surface area contributed by atoms with E-state index in [1.807, 2.05) is 11.8 Å². The molecule has 0 spiro atoms. The van der Waals surface area contributed by atoms with Crippen LogP contribution in [-0.4, -0.2) is 17.5 Å². The van der Waals surface area contributed by atoms with Gasteiger partial charge in [-0.15, -0.1) is 0 Å². The Balaban J connectivity index is 2.49. The number of rotatable bonds is 7. The van der Waals surface area contributed by atoms with E-state index >= 15 is 0 Å². The molecule has 3 N–H and O–H groups in total. The Morgan fingerprint density at radius 2 is 1.94 bits per heavy atom. The first-order valence-corrected chi connectivity index (χ1v) is 7.16. The summed E-state index contributed by atoms with van der Waals surface area (Å²) in [5.74, 6) is 6.41. The average Bonchev–Trinajstić information content (AvgIpc) is 2.32. The summed E-state index contributed by atoms with van der Waals surface area (Å²) in [5.41, 5.74) is 3.47. The van der Waals surface area contributed by atoms with Gasteiger partial charge in [0, 0.05) is 11.8 Å². The maximum Gasteiger partial charge on any atom is 0.159 e. The van der Waals surface area contributed by atoms with E-state index in [2.05, 4.69) is 19.3 Å². The Morgan fingerprint density at radius 1 is 1.22 bits per heavy atom. The molecule has 0 saturated heterocycles. The van der Waals surface area contributed by atoms with Gasteiger partial charge in [0.2, 0.25) is 0 Å². The fourth-order valence-electron chi connectivity index (χ4n) is 1.56. The first kappa shape index (κ1) is 15.4. The van der Waals surface area contributed by atoms with E-state index in [0.717, 1.165) is 23.1 Å². The summed E-state index contributed by atoms with van der Waals surface area (Å²) in [4.78, 5) is 0. The van der Waals surface area contributed by atoms with Crippen molar-refractivity contribution >= 4 is 11.8 Å². The van der Waals surface area contributed by atoms with Crippen molar-refractivity contribution in [3.8, 4) is 0 Å². The molecule has 0 aromatic heterocycles. The molecular formula is C13H20F2N2S. The van der Waals surface area contributed by atoms with E-state index < -0.39 is 11.6 Å². The Kier molecular flexibility index (Phi) is 6.60. The molecule has 5 heteroatoms. The lowest BCUT2D eigenvalue weighted by atomic mass is 10.1. The minimum absolute atomic E-state index is 0.0682. The number of nitrogens with one attached hydrogen (secondary N) is 1. The van der Waals surface area contributed by atoms with Crippen LogP contribution >= 0.6 is 11.8 Å². The topological polar surface area (TPSA) is 38.0 Å². The van der Waals surface area contributed by atoms with E-state index in [-0.39, 0.29) is 6.04 Å². The van der Waals surface area contributed by atoms with Crippen LogP contribution in [0.2, 0.25) is 0 Å². The van der Waals surface area contributed by atoms with Gasteiger partial charge in [-0.25, -0.2) is 8.78 Å². The fraction of sp³-hybridized carbons (Fsp3) is 0.538. The number of benzene rings is 1. The molecule has 0 amide bonds. The van der Waals surface area contributed by atoms with E-state index in [1.165, 1.54) is 6.07 Å². The van der Waals surface area contributed by atoms with E-state index in [1.54, 1.807) is 6.07 Å². The number of thioether (sulfide) groups is 1. The van der Waals surface area contributed by atoms with Gasteiger partial charge >= 0.3 is 0 Å². The van der Waals surface area contributed by atoms with Gasteiger partial charge in [-0.3, -0.25) is 11.3 Å². The lowest BCUT2D eigenvalue weighted by Crippen LogP contribution is -2.38. The molecule has 1 atom stereocenters. The molecule has 0 radical (unpaired) electrons. The first-order valence-electron chi connectivity index (χ1n) is 6.00. The molecule has 1 rings (SSSR count). The van der Waals surface area contributed by atoms with Gasteiger partial charge in [0.15, 0.2) is 11.6 Å². The number of hydrogen-bond donors (Lipinski definition) is 2. The summed E-state index contributed by atoms with van der Waals surface area (Å²) in [6, 6.07) is 4.04. The van der Waals surface area contributed by atoms with Gasteiger partial charge in [0.1, 0.15) is 0 Å². The van der Waals surface area contributed by atoms with Crippen molar-refractivity contribution in [2.75, 3.05) is 11.5 Å². The lowest BCUT2D eigenvalue weighted by Gasteiger charge is -2.16. The minimum atomic E-state index is -0.815. The van der Waals surface area contributed by atoms with Gasteiger partial charge in [-0.2, -0.15) is 11.8 Å². The highest BCUT2D eigenvalue weighted by Crippen LogP contribution is 2.14. The Bertz CT molecular complexity index is 372. The maximum atomic E-state index is 13.1. The van der Waals surface area contributed by atoms with Crippen LogP contribution in [0.1, 0.15) is 19.4 Å². The summed E-state index contributed by atoms with van der Waals surface area (Å²) in [6.45, 7) is 4.32. The number of nitrogens with two attached hydrogens (primary N) is 1. The molecule has 18 heavy (non-hydrogen) atoms. The monoisotopic (exact) mass is 274 g/mol. The number of hydrazine groups is 1. The summed E-state index contributed by atoms with van der Waals surface area (Å²) in [7, 11) is 0. The predicted molar refractivity (Wildman–Crippen MR) is 73.3 cm³/mol. The zero-order valence-corrected chi connectivity index (χ0v) is 11.6. The zero-order chi connectivity index (χ0) is 13.5. The van der Waals surface area contributed by atoms with Gasteiger partial charge in [0.05, 0.1) is 0 Å². The molecular weight excluding hydrogens is 254 g/mol. The molecule has 0 bridgehead atoms. The molecule has 1 unspecified atom stereocenters. The maximum absolute atomic E-state index is 13.1. The van der Waals surface area contributed by atoms with Crippen LogP contribution in [0.3, 0.4) is 0 Å². The van der Waals surface area contributed by atoms with E-state index in [9.17, 15) is 8.78 Å². The van der Waals surface area contributed by atoms with E-state index in [0.29, 0.717) is 12.3 Å². The third-order valence-electron chi connectivity index (χ3n) is 2.47. The van der Waals surface area contributed by atoms with Crippen LogP contribution in [0, 0.1) is 17.6 Å². The predicted octanol–water partition coefficient (Wildman–Crippen LogP) is 2.73. The van der Waals surface area contributed by atoms with Crippen molar-refractivity contribution in [3.05, 3.63) is 35.4 Å². The van der Waals surface area contributed by atoms with Crippen LogP contribution < -0.4 is 11.3 Å². The third kappa shape index (κ3) is 5.33. The molecule has 0 heterocycles. The number of halogens is 2. The third-order valence-corrected chi connectivity index (χ3v) is 4.01. The van der Waals surface area contributed by atoms with Crippen LogP contribution in [0.5, 0.6) is 0 Å². The quantitative estimate of drug-likeness (QED) is 0.593. The average molecular weight is 274 g/mol. The van der Waals surface area contributed by atoms with Crippen LogP contribution in [-0.2, 0) is 6.42 Å². The summed E-state index contributed by atoms with van der Waals surface area (Å²) in [6.07, 6.45) is 0.596. The van der Waals surface area contributed by atoms with Crippen LogP contribution in [0.15, 0.2) is 18.2 Å². The lowest BCUT2D eigenvalue weighted by molar-refractivity contribution is 0.504. The van der Waals surface area contributed by atoms with Gasteiger partial charge in [0.25, 0.3) is 0 Å². The first-order chi connectivity index (χ1) is 8.52. The summed E-state index contributed by atoms with van der Waals surface area (Å²) < 4.78 is 25.8. The fourth-order valence-corrected chi connectivity index (χ4v) is 2.67. The SMILES string of the molecule is CC(C)CSCC(Cc1ccc(F)c(F)c1)NN. The normalized spacial score (nSPS) is 13.0. The summed E-state index contributed by atoms with van der Waals surface area (Å²) in [5, 5.41) is 0. The van der Waals surface area contributed by atoms with Gasteiger partial charge in [-0.05, 0) is 35.8 Å². The Labute approximate surface area is 111 Å². The standard InChI is InChI=1S/C13H20F2N2S/c1-9(2)7-18-8-11(17-16)5-10-3-4-12(14)13(15)6-10/h3-4,6,9,11,17H,5,7-8,16H2,1-2H3. The molecule has 2 nitrogen and oxygen atoms in total. The van der Waals surface area contributed by atoms with E-state index in [4.69, 9.17) is 5.84 Å².